The number of amides is 3. The van der Waals surface area contributed by atoms with Crippen LogP contribution < -0.4 is 10.6 Å². The van der Waals surface area contributed by atoms with Gasteiger partial charge in [0.2, 0.25) is 11.8 Å². The number of fused-ring (bicyclic) bond motifs is 1. The molecule has 6 nitrogen and oxygen atoms in total. The predicted molar refractivity (Wildman–Crippen MR) is 110 cm³/mol. The van der Waals surface area contributed by atoms with Crippen LogP contribution in [-0.2, 0) is 16.0 Å². The molecule has 8 heteroatoms. The second-order valence-corrected chi connectivity index (χ2v) is 8.18. The van der Waals surface area contributed by atoms with Crippen molar-refractivity contribution in [3.63, 3.8) is 0 Å². The van der Waals surface area contributed by atoms with Gasteiger partial charge in [0.15, 0.2) is 0 Å². The molecule has 2 aromatic carbocycles. The smallest absolute Gasteiger partial charge is 0.251 e. The van der Waals surface area contributed by atoms with Crippen molar-refractivity contribution < 1.29 is 14.4 Å². The van der Waals surface area contributed by atoms with E-state index in [0.29, 0.717) is 35.0 Å². The van der Waals surface area contributed by atoms with Gasteiger partial charge in [0.1, 0.15) is 12.1 Å². The van der Waals surface area contributed by atoms with E-state index in [9.17, 15) is 14.4 Å². The van der Waals surface area contributed by atoms with Gasteiger partial charge in [0.25, 0.3) is 5.91 Å². The van der Waals surface area contributed by atoms with Gasteiger partial charge in [-0.3, -0.25) is 14.4 Å². The number of nitrogens with zero attached hydrogens (tertiary/aromatic N) is 1. The molecule has 3 atom stereocenters. The third kappa shape index (κ3) is 4.23. The molecule has 2 saturated heterocycles. The highest BCUT2D eigenvalue weighted by Gasteiger charge is 2.46. The van der Waals surface area contributed by atoms with Crippen molar-refractivity contribution in [2.75, 3.05) is 6.54 Å². The van der Waals surface area contributed by atoms with Crippen LogP contribution in [0.15, 0.2) is 48.5 Å². The van der Waals surface area contributed by atoms with Crippen LogP contribution in [0.25, 0.3) is 0 Å². The molecule has 2 fully saturated rings. The first kappa shape index (κ1) is 19.7. The Hall–Kier alpha value is -2.57. The van der Waals surface area contributed by atoms with Gasteiger partial charge in [0.05, 0.1) is 0 Å². The summed E-state index contributed by atoms with van der Waals surface area (Å²) in [6, 6.07) is 12.3. The number of hydrogen-bond acceptors (Lipinski definition) is 3. The molecule has 2 aliphatic heterocycles. The van der Waals surface area contributed by atoms with Gasteiger partial charge in [-0.2, -0.15) is 0 Å². The monoisotopic (exact) mass is 431 g/mol. The Morgan fingerprint density at radius 3 is 2.31 bits per heavy atom. The van der Waals surface area contributed by atoms with E-state index < -0.39 is 12.1 Å². The summed E-state index contributed by atoms with van der Waals surface area (Å²) in [6.07, 6.45) is 0.789. The van der Waals surface area contributed by atoms with Crippen LogP contribution >= 0.6 is 23.2 Å². The Bertz CT molecular complexity index is 947. The molecule has 29 heavy (non-hydrogen) atoms. The van der Waals surface area contributed by atoms with Gasteiger partial charge in [-0.1, -0.05) is 35.3 Å². The highest BCUT2D eigenvalue weighted by atomic mass is 35.5. The molecule has 2 aliphatic rings. The number of piperazine rings is 1. The fourth-order valence-corrected chi connectivity index (χ4v) is 4.08. The van der Waals surface area contributed by atoms with Gasteiger partial charge < -0.3 is 15.5 Å². The quantitative estimate of drug-likeness (QED) is 0.779. The second kappa shape index (κ2) is 8.05. The number of hydrogen-bond donors (Lipinski definition) is 2. The average Bonchev–Trinajstić information content (AvgIpc) is 3.13. The molecule has 150 valence electrons. The van der Waals surface area contributed by atoms with Gasteiger partial charge in [-0.05, 0) is 48.4 Å². The minimum atomic E-state index is -0.620. The van der Waals surface area contributed by atoms with Crippen LogP contribution in [0, 0.1) is 0 Å². The Morgan fingerprint density at radius 2 is 1.66 bits per heavy atom. The molecular formula is C21H19Cl2N3O3. The van der Waals surface area contributed by atoms with E-state index in [4.69, 9.17) is 23.2 Å². The maximum absolute atomic E-state index is 12.9. The average molecular weight is 432 g/mol. The molecule has 3 amide bonds. The van der Waals surface area contributed by atoms with E-state index in [2.05, 4.69) is 10.6 Å². The summed E-state index contributed by atoms with van der Waals surface area (Å²) in [5.41, 5.74) is 1.40. The molecule has 0 radical (unpaired) electrons. The third-order valence-electron chi connectivity index (χ3n) is 5.30. The standard InChI is InChI=1S/C21H19Cl2N3O3/c22-14-5-1-12(2-6-14)9-17-21(29)26-11-16(10-18(26)20(28)25-17)24-19(27)13-3-7-15(23)8-4-13/h1-8,16-18H,9-11H2,(H,24,27)(H,25,28)/t16-,17-,18-/m0/s1. The molecule has 2 aromatic rings. The Labute approximate surface area is 178 Å². The lowest BCUT2D eigenvalue weighted by Gasteiger charge is -2.34. The SMILES string of the molecule is O=C(N[C@H]1C[C@H]2C(=O)N[C@@H](Cc3ccc(Cl)cc3)C(=O)N2C1)c1ccc(Cl)cc1. The number of halogens is 2. The fraction of sp³-hybridized carbons (Fsp3) is 0.286. The topological polar surface area (TPSA) is 78.5 Å². The lowest BCUT2D eigenvalue weighted by molar-refractivity contribution is -0.147. The lowest BCUT2D eigenvalue weighted by atomic mass is 10.0. The van der Waals surface area contributed by atoms with Crippen LogP contribution in [0.5, 0.6) is 0 Å². The summed E-state index contributed by atoms with van der Waals surface area (Å²) in [6.45, 7) is 0.313. The summed E-state index contributed by atoms with van der Waals surface area (Å²) in [7, 11) is 0. The number of nitrogens with one attached hydrogen (secondary N) is 2. The van der Waals surface area contributed by atoms with Crippen molar-refractivity contribution >= 4 is 40.9 Å². The Kier molecular flexibility index (Phi) is 5.48. The normalized spacial score (nSPS) is 23.5. The van der Waals surface area contributed by atoms with E-state index in [1.807, 2.05) is 12.1 Å². The molecule has 2 N–H and O–H groups in total. The molecule has 0 spiro atoms. The first-order valence-electron chi connectivity index (χ1n) is 9.32. The van der Waals surface area contributed by atoms with Crippen LogP contribution in [0.4, 0.5) is 0 Å². The Morgan fingerprint density at radius 1 is 1.03 bits per heavy atom. The molecule has 2 heterocycles. The molecule has 0 aromatic heterocycles. The summed E-state index contributed by atoms with van der Waals surface area (Å²) in [5.74, 6) is -0.573. The van der Waals surface area contributed by atoms with E-state index >= 15 is 0 Å². The minimum absolute atomic E-state index is 0.132. The maximum Gasteiger partial charge on any atom is 0.251 e. The van der Waals surface area contributed by atoms with Crippen molar-refractivity contribution in [2.45, 2.75) is 31.0 Å². The summed E-state index contributed by atoms with van der Waals surface area (Å²) in [4.78, 5) is 39.5. The van der Waals surface area contributed by atoms with Crippen LogP contribution in [0.1, 0.15) is 22.3 Å². The zero-order valence-electron chi connectivity index (χ0n) is 15.4. The van der Waals surface area contributed by atoms with E-state index in [-0.39, 0.29) is 23.8 Å². The molecular weight excluding hydrogens is 413 g/mol. The number of benzene rings is 2. The number of rotatable bonds is 4. The van der Waals surface area contributed by atoms with E-state index in [0.717, 1.165) is 5.56 Å². The first-order chi connectivity index (χ1) is 13.9. The maximum atomic E-state index is 12.9. The summed E-state index contributed by atoms with van der Waals surface area (Å²) >= 11 is 11.8. The van der Waals surface area contributed by atoms with Gasteiger partial charge in [-0.15, -0.1) is 0 Å². The van der Waals surface area contributed by atoms with Crippen molar-refractivity contribution in [3.8, 4) is 0 Å². The van der Waals surface area contributed by atoms with Gasteiger partial charge >= 0.3 is 0 Å². The zero-order chi connectivity index (χ0) is 20.5. The Balaban J connectivity index is 1.42. The zero-order valence-corrected chi connectivity index (χ0v) is 16.9. The molecule has 0 bridgehead atoms. The molecule has 4 rings (SSSR count). The fourth-order valence-electron chi connectivity index (χ4n) is 3.83. The highest BCUT2D eigenvalue weighted by Crippen LogP contribution is 2.24. The largest absolute Gasteiger partial charge is 0.347 e. The third-order valence-corrected chi connectivity index (χ3v) is 5.80. The number of carbonyl (C=O) groups excluding carboxylic acids is 3. The number of carbonyl (C=O) groups is 3. The van der Waals surface area contributed by atoms with Gasteiger partial charge in [0, 0.05) is 34.6 Å². The predicted octanol–water partition coefficient (Wildman–Crippen LogP) is 2.43. The first-order valence-corrected chi connectivity index (χ1v) is 10.1. The van der Waals surface area contributed by atoms with E-state index in [1.165, 1.54) is 0 Å². The molecule has 0 aliphatic carbocycles. The van der Waals surface area contributed by atoms with Crippen LogP contribution in [-0.4, -0.2) is 47.3 Å². The second-order valence-electron chi connectivity index (χ2n) is 7.31. The lowest BCUT2D eigenvalue weighted by Crippen LogP contribution is -2.61. The summed E-state index contributed by atoms with van der Waals surface area (Å²) in [5, 5.41) is 6.90. The van der Waals surface area contributed by atoms with Crippen LogP contribution in [0.3, 0.4) is 0 Å². The van der Waals surface area contributed by atoms with Crippen molar-refractivity contribution in [1.82, 2.24) is 15.5 Å². The summed E-state index contributed by atoms with van der Waals surface area (Å²) < 4.78 is 0. The van der Waals surface area contributed by atoms with E-state index in [1.54, 1.807) is 41.3 Å². The van der Waals surface area contributed by atoms with Gasteiger partial charge in [-0.25, -0.2) is 0 Å². The van der Waals surface area contributed by atoms with Crippen LogP contribution in [0.2, 0.25) is 10.0 Å². The highest BCUT2D eigenvalue weighted by molar-refractivity contribution is 6.30. The van der Waals surface area contributed by atoms with Crippen molar-refractivity contribution in [3.05, 3.63) is 69.7 Å². The molecule has 0 saturated carbocycles. The van der Waals surface area contributed by atoms with Crippen molar-refractivity contribution in [1.29, 1.82) is 0 Å². The molecule has 0 unspecified atom stereocenters. The minimum Gasteiger partial charge on any atom is -0.347 e. The van der Waals surface area contributed by atoms with Crippen molar-refractivity contribution in [2.24, 2.45) is 0 Å².